The number of amides is 1. The average Bonchev–Trinajstić information content (AvgIpc) is 3.10. The summed E-state index contributed by atoms with van der Waals surface area (Å²) in [7, 11) is 1.93. The first kappa shape index (κ1) is 21.7. The molecule has 3 aromatic carbocycles. The number of aliphatic hydroxyl groups is 1. The molecule has 1 amide bonds. The van der Waals surface area contributed by atoms with E-state index in [-0.39, 0.29) is 23.7 Å². The number of carbonyl (C=O) groups excluding carboxylic acids is 2. The van der Waals surface area contributed by atoms with Crippen molar-refractivity contribution in [1.29, 1.82) is 0 Å². The van der Waals surface area contributed by atoms with E-state index in [1.54, 1.807) is 30.3 Å². The number of ether oxygens (including phenoxy) is 1. The lowest BCUT2D eigenvalue weighted by atomic mass is 9.95. The third-order valence-corrected chi connectivity index (χ3v) is 6.25. The maximum Gasteiger partial charge on any atom is 0.295 e. The summed E-state index contributed by atoms with van der Waals surface area (Å²) in [5, 5.41) is 11.3. The highest BCUT2D eigenvalue weighted by atomic mass is 19.1. The third kappa shape index (κ3) is 3.79. The van der Waals surface area contributed by atoms with Gasteiger partial charge in [-0.2, -0.15) is 0 Å². The summed E-state index contributed by atoms with van der Waals surface area (Å²) in [6, 6.07) is 19.3. The molecule has 0 spiro atoms. The van der Waals surface area contributed by atoms with E-state index in [1.807, 2.05) is 42.3 Å². The number of hydrogen-bond donors (Lipinski definition) is 1. The predicted octanol–water partition coefficient (Wildman–Crippen LogP) is 4.28. The number of benzene rings is 3. The Bertz CT molecular complexity index is 1290. The maximum absolute atomic E-state index is 13.4. The lowest BCUT2D eigenvalue weighted by molar-refractivity contribution is -0.140. The van der Waals surface area contributed by atoms with Crippen molar-refractivity contribution in [1.82, 2.24) is 4.90 Å². The standard InChI is InChI=1S/C27H23FN2O4/c1-29-13-14-34-22-12-9-19(15-21(22)29)25(31)23-24(18-5-3-2-4-6-18)30(27(33)26(23)32)16-17-7-10-20(28)11-8-17/h2-12,15,24,31H,13-14,16H2,1H3/b25-23-. The summed E-state index contributed by atoms with van der Waals surface area (Å²) >= 11 is 0. The zero-order chi connectivity index (χ0) is 23.8. The van der Waals surface area contributed by atoms with Crippen LogP contribution in [0.5, 0.6) is 5.75 Å². The molecule has 1 N–H and O–H groups in total. The Morgan fingerprint density at radius 1 is 1.06 bits per heavy atom. The lowest BCUT2D eigenvalue weighted by Gasteiger charge is -2.28. The molecule has 1 atom stereocenters. The fourth-order valence-electron chi connectivity index (χ4n) is 4.47. The highest BCUT2D eigenvalue weighted by Gasteiger charge is 2.46. The van der Waals surface area contributed by atoms with Gasteiger partial charge in [-0.15, -0.1) is 0 Å². The van der Waals surface area contributed by atoms with E-state index >= 15 is 0 Å². The minimum atomic E-state index is -0.781. The summed E-state index contributed by atoms with van der Waals surface area (Å²) in [6.45, 7) is 1.36. The van der Waals surface area contributed by atoms with Crippen molar-refractivity contribution in [2.24, 2.45) is 0 Å². The second kappa shape index (κ2) is 8.67. The van der Waals surface area contributed by atoms with Gasteiger partial charge in [0.25, 0.3) is 11.7 Å². The molecule has 0 aliphatic carbocycles. The van der Waals surface area contributed by atoms with E-state index < -0.39 is 17.7 Å². The first-order valence-electron chi connectivity index (χ1n) is 11.0. The molecule has 172 valence electrons. The van der Waals surface area contributed by atoms with Gasteiger partial charge >= 0.3 is 0 Å². The van der Waals surface area contributed by atoms with Crippen LogP contribution in [0, 0.1) is 5.82 Å². The first-order valence-corrected chi connectivity index (χ1v) is 11.0. The number of carbonyl (C=O) groups is 2. The van der Waals surface area contributed by atoms with Gasteiger partial charge in [-0.3, -0.25) is 9.59 Å². The Morgan fingerprint density at radius 3 is 2.53 bits per heavy atom. The van der Waals surface area contributed by atoms with Crippen molar-refractivity contribution in [2.75, 3.05) is 25.1 Å². The van der Waals surface area contributed by atoms with E-state index in [0.717, 1.165) is 5.69 Å². The molecule has 7 heteroatoms. The Kier molecular flexibility index (Phi) is 5.53. The quantitative estimate of drug-likeness (QED) is 0.359. The number of nitrogens with zero attached hydrogens (tertiary/aromatic N) is 2. The molecular formula is C27H23FN2O4. The van der Waals surface area contributed by atoms with Gasteiger partial charge in [0, 0.05) is 19.2 Å². The van der Waals surface area contributed by atoms with Gasteiger partial charge in [-0.25, -0.2) is 4.39 Å². The number of halogens is 1. The van der Waals surface area contributed by atoms with Crippen molar-refractivity contribution in [2.45, 2.75) is 12.6 Å². The summed E-state index contributed by atoms with van der Waals surface area (Å²) in [6.07, 6.45) is 0. The van der Waals surface area contributed by atoms with E-state index in [2.05, 4.69) is 0 Å². The normalized spacial score (nSPS) is 19.2. The molecule has 1 unspecified atom stereocenters. The Labute approximate surface area is 196 Å². The van der Waals surface area contributed by atoms with E-state index in [4.69, 9.17) is 4.74 Å². The molecule has 0 bridgehead atoms. The van der Waals surface area contributed by atoms with Crippen molar-refractivity contribution in [3.05, 3.63) is 101 Å². The number of likely N-dealkylation sites (N-methyl/N-ethyl adjacent to an activating group) is 1. The Hall–Kier alpha value is -4.13. The smallest absolute Gasteiger partial charge is 0.295 e. The van der Waals surface area contributed by atoms with Gasteiger partial charge in [-0.05, 0) is 41.5 Å². The van der Waals surface area contributed by atoms with Crippen LogP contribution in [-0.4, -0.2) is 41.9 Å². The zero-order valence-electron chi connectivity index (χ0n) is 18.6. The molecule has 1 saturated heterocycles. The van der Waals surface area contributed by atoms with E-state index in [1.165, 1.54) is 17.0 Å². The van der Waals surface area contributed by atoms with Crippen LogP contribution in [0.25, 0.3) is 5.76 Å². The molecule has 2 aliphatic heterocycles. The zero-order valence-corrected chi connectivity index (χ0v) is 18.6. The minimum absolute atomic E-state index is 0.0256. The molecule has 0 radical (unpaired) electrons. The topological polar surface area (TPSA) is 70.1 Å². The van der Waals surface area contributed by atoms with Crippen LogP contribution >= 0.6 is 0 Å². The monoisotopic (exact) mass is 458 g/mol. The van der Waals surface area contributed by atoms with Gasteiger partial charge in [0.1, 0.15) is 23.9 Å². The molecule has 6 nitrogen and oxygen atoms in total. The Morgan fingerprint density at radius 2 is 1.79 bits per heavy atom. The molecule has 34 heavy (non-hydrogen) atoms. The molecule has 1 fully saturated rings. The minimum Gasteiger partial charge on any atom is -0.507 e. The van der Waals surface area contributed by atoms with Gasteiger partial charge in [0.2, 0.25) is 0 Å². The van der Waals surface area contributed by atoms with E-state index in [9.17, 15) is 19.1 Å². The largest absolute Gasteiger partial charge is 0.507 e. The van der Waals surface area contributed by atoms with Crippen LogP contribution in [0.2, 0.25) is 0 Å². The molecule has 5 rings (SSSR count). The van der Waals surface area contributed by atoms with Crippen molar-refractivity contribution < 1.29 is 23.8 Å². The van der Waals surface area contributed by atoms with Gasteiger partial charge in [0.15, 0.2) is 0 Å². The summed E-state index contributed by atoms with van der Waals surface area (Å²) in [5.41, 5.74) is 2.63. The molecular weight excluding hydrogens is 435 g/mol. The van der Waals surface area contributed by atoms with Gasteiger partial charge in [0.05, 0.1) is 23.8 Å². The first-order chi connectivity index (χ1) is 16.4. The predicted molar refractivity (Wildman–Crippen MR) is 126 cm³/mol. The SMILES string of the molecule is CN1CCOc2ccc(/C(O)=C3/C(=O)C(=O)N(Cc4ccc(F)cc4)C3c3ccccc3)cc21. The number of hydrogen-bond acceptors (Lipinski definition) is 5. The van der Waals surface area contributed by atoms with E-state index in [0.29, 0.717) is 35.6 Å². The molecule has 0 aromatic heterocycles. The lowest BCUT2D eigenvalue weighted by Crippen LogP contribution is -2.29. The van der Waals surface area contributed by atoms with Crippen LogP contribution in [-0.2, 0) is 16.1 Å². The van der Waals surface area contributed by atoms with Crippen LogP contribution in [0.3, 0.4) is 0 Å². The summed E-state index contributed by atoms with van der Waals surface area (Å²) in [4.78, 5) is 29.8. The number of anilines is 1. The fourth-order valence-corrected chi connectivity index (χ4v) is 4.47. The van der Waals surface area contributed by atoms with Gasteiger partial charge < -0.3 is 19.6 Å². The van der Waals surface area contributed by atoms with Crippen LogP contribution in [0.1, 0.15) is 22.7 Å². The fraction of sp³-hybridized carbons (Fsp3) is 0.185. The average molecular weight is 458 g/mol. The highest BCUT2D eigenvalue weighted by Crippen LogP contribution is 2.41. The second-order valence-corrected chi connectivity index (χ2v) is 8.42. The summed E-state index contributed by atoms with van der Waals surface area (Å²) in [5.74, 6) is -1.39. The number of fused-ring (bicyclic) bond motifs is 1. The molecule has 2 aliphatic rings. The second-order valence-electron chi connectivity index (χ2n) is 8.42. The van der Waals surface area contributed by atoms with Crippen molar-refractivity contribution >= 4 is 23.1 Å². The van der Waals surface area contributed by atoms with Gasteiger partial charge in [-0.1, -0.05) is 42.5 Å². The number of Topliss-reactive ketones (excluding diaryl/α,β-unsaturated/α-hetero) is 1. The summed E-state index contributed by atoms with van der Waals surface area (Å²) < 4.78 is 19.1. The highest BCUT2D eigenvalue weighted by molar-refractivity contribution is 6.46. The molecule has 3 aromatic rings. The van der Waals surface area contributed by atoms with Crippen molar-refractivity contribution in [3.63, 3.8) is 0 Å². The number of rotatable bonds is 4. The van der Waals surface area contributed by atoms with Crippen LogP contribution < -0.4 is 9.64 Å². The third-order valence-electron chi connectivity index (χ3n) is 6.25. The number of aliphatic hydroxyl groups excluding tert-OH is 1. The van der Waals surface area contributed by atoms with Crippen molar-refractivity contribution in [3.8, 4) is 5.75 Å². The maximum atomic E-state index is 13.4. The van der Waals surface area contributed by atoms with Crippen LogP contribution in [0.15, 0.2) is 78.4 Å². The number of likely N-dealkylation sites (tertiary alicyclic amines) is 1. The van der Waals surface area contributed by atoms with Crippen LogP contribution in [0.4, 0.5) is 10.1 Å². The number of ketones is 1. The molecule has 2 heterocycles. The molecule has 0 saturated carbocycles. The Balaban J connectivity index is 1.62.